The second-order valence-electron chi connectivity index (χ2n) is 17.7. The molecule has 4 N–H and O–H groups in total. The molecular weight excluding hydrogens is 968 g/mol. The van der Waals surface area contributed by atoms with E-state index in [9.17, 15) is 24.3 Å². The van der Waals surface area contributed by atoms with Gasteiger partial charge in [-0.15, -0.1) is 5.41 Å². The molecule has 0 unspecified atom stereocenters. The Kier molecular flexibility index (Phi) is 17.0. The van der Waals surface area contributed by atoms with Gasteiger partial charge < -0.3 is 24.9 Å². The number of hydrogen-bond acceptors (Lipinski definition) is 11. The minimum atomic E-state index is -0.757. The third-order valence-electron chi connectivity index (χ3n) is 12.8. The molecule has 0 saturated heterocycles. The SMILES string of the molecule is Cc1nsc(C#Cc2ccc3cc(C4(C(=O)O)CC4)ccc3c2)c1NC(=O)O[C@H](C)c1ccccc1.Cc1nsc(C#Cc2ccc3cc(C4([C-]=O)CC4)ccc3c2)c1NC(=O)O[C@H](C)c1ccccc1.[Na+].[OH-]. The van der Waals surface area contributed by atoms with Gasteiger partial charge in [-0.05, 0) is 138 Å². The molecule has 12 nitrogen and oxygen atoms in total. The summed E-state index contributed by atoms with van der Waals surface area (Å²) < 4.78 is 19.8. The summed E-state index contributed by atoms with van der Waals surface area (Å²) >= 11 is 2.46. The van der Waals surface area contributed by atoms with Crippen molar-refractivity contribution in [3.05, 3.63) is 188 Å². The first kappa shape index (κ1) is 53.7. The maximum absolute atomic E-state index is 12.5. The summed E-state index contributed by atoms with van der Waals surface area (Å²) in [5.74, 6) is 11.8. The second-order valence-corrected chi connectivity index (χ2v) is 19.3. The van der Waals surface area contributed by atoms with E-state index in [0.717, 1.165) is 67.8 Å². The zero-order valence-corrected chi connectivity index (χ0v) is 44.4. The molecule has 2 fully saturated rings. The molecular formula is C58H48N4NaO8S2-. The number of benzene rings is 6. The Morgan fingerprint density at radius 3 is 1.42 bits per heavy atom. The van der Waals surface area contributed by atoms with E-state index < -0.39 is 35.1 Å². The van der Waals surface area contributed by atoms with E-state index in [2.05, 4.69) is 55.4 Å². The van der Waals surface area contributed by atoms with E-state index in [-0.39, 0.29) is 41.1 Å². The first-order chi connectivity index (χ1) is 34.3. The molecule has 8 aromatic rings. The summed E-state index contributed by atoms with van der Waals surface area (Å²) in [6, 6.07) is 42.9. The number of carbonyl (C=O) groups is 3. The van der Waals surface area contributed by atoms with Crippen LogP contribution >= 0.6 is 23.1 Å². The van der Waals surface area contributed by atoms with Crippen LogP contribution in [0.5, 0.6) is 0 Å². The van der Waals surface area contributed by atoms with E-state index in [0.29, 0.717) is 45.4 Å². The molecule has 2 aliphatic rings. The van der Waals surface area contributed by atoms with Crippen LogP contribution in [0.25, 0.3) is 21.5 Å². The summed E-state index contributed by atoms with van der Waals surface area (Å²) in [7, 11) is 0. The van der Waals surface area contributed by atoms with Crippen LogP contribution in [-0.2, 0) is 29.9 Å². The van der Waals surface area contributed by atoms with Crippen LogP contribution < -0.4 is 40.2 Å². The van der Waals surface area contributed by atoms with Crippen LogP contribution in [0.4, 0.5) is 21.0 Å². The summed E-state index contributed by atoms with van der Waals surface area (Å²) in [4.78, 5) is 49.3. The van der Waals surface area contributed by atoms with Gasteiger partial charge in [0.2, 0.25) is 0 Å². The fourth-order valence-electron chi connectivity index (χ4n) is 8.20. The molecule has 0 radical (unpaired) electrons. The van der Waals surface area contributed by atoms with E-state index >= 15 is 0 Å². The smallest absolute Gasteiger partial charge is 0.870 e. The Balaban J connectivity index is 0.000000208. The standard InChI is InChI=1S/C29H24N2O4S.C29H23N2O3S.Na.H2O/c1-18-26(30-28(34)35-19(2)21-6-4-3-5-7-21)25(36-31-18)13-9-20-8-10-23-17-24(12-11-22(23)16-20)29(14-15-29)27(32)33;1-19-27(30-28(33)34-20(2)22-6-4-3-5-7-22)26(35-31-19)13-9-21-8-10-24-17-25(12-11-23(24)16-21)29(18-32)14-15-29;;/h3-8,10-12,16-17,19H,14-15H2,1-2H3,(H,30,34)(H,32,33);3-8,10-12,16-17,20H,14-15H2,1-2H3,(H,30,33);;1H2/q;-1;+1;/p-1/t19-;20-;;/m11../s1. The van der Waals surface area contributed by atoms with Gasteiger partial charge in [0.05, 0.1) is 28.2 Å². The third kappa shape index (κ3) is 12.4. The first-order valence-electron chi connectivity index (χ1n) is 23.1. The molecule has 2 amide bonds. The van der Waals surface area contributed by atoms with Crippen molar-refractivity contribution < 1.29 is 68.8 Å². The molecule has 10 rings (SSSR count). The normalized spacial score (nSPS) is 14.0. The number of aromatic nitrogens is 2. The number of carbonyl (C=O) groups excluding carboxylic acids is 3. The number of hydrogen-bond donors (Lipinski definition) is 3. The summed E-state index contributed by atoms with van der Waals surface area (Å²) in [5.41, 5.74) is 6.73. The average molecular weight is 1020 g/mol. The Morgan fingerprint density at radius 1 is 0.603 bits per heavy atom. The average Bonchev–Trinajstić information content (AvgIpc) is 4.32. The number of carboxylic acid groups (broad SMARTS) is 1. The molecule has 2 aromatic heterocycles. The monoisotopic (exact) mass is 1020 g/mol. The van der Waals surface area contributed by atoms with Gasteiger partial charge in [0.15, 0.2) is 0 Å². The van der Waals surface area contributed by atoms with Crippen molar-refractivity contribution in [2.75, 3.05) is 10.6 Å². The molecule has 6 aromatic carbocycles. The Hall–Kier alpha value is -7.14. The predicted octanol–water partition coefficient (Wildman–Crippen LogP) is 9.71. The van der Waals surface area contributed by atoms with Gasteiger partial charge in [-0.25, -0.2) is 9.59 Å². The quantitative estimate of drug-likeness (QED) is 0.0677. The number of aliphatic carboxylic acids is 1. The Bertz CT molecular complexity index is 3470. The number of rotatable bonds is 10. The topological polar surface area (TPSA) is 187 Å². The maximum Gasteiger partial charge on any atom is 1.00 e. The minimum absolute atomic E-state index is 0. The molecule has 0 bridgehead atoms. The van der Waals surface area contributed by atoms with Crippen molar-refractivity contribution in [2.45, 2.75) is 76.4 Å². The van der Waals surface area contributed by atoms with Crippen LogP contribution in [0.15, 0.2) is 133 Å². The van der Waals surface area contributed by atoms with Gasteiger partial charge in [0.25, 0.3) is 0 Å². The van der Waals surface area contributed by atoms with Gasteiger partial charge in [-0.2, -0.15) is 8.75 Å². The number of anilines is 2. The van der Waals surface area contributed by atoms with Gasteiger partial charge in [-0.1, -0.05) is 139 Å². The van der Waals surface area contributed by atoms with E-state index in [4.69, 9.17) is 9.47 Å². The zero-order chi connectivity index (χ0) is 49.7. The van der Waals surface area contributed by atoms with Crippen LogP contribution in [0, 0.1) is 37.5 Å². The predicted molar refractivity (Wildman–Crippen MR) is 281 cm³/mol. The van der Waals surface area contributed by atoms with Crippen LogP contribution in [-0.4, -0.2) is 43.8 Å². The minimum Gasteiger partial charge on any atom is -0.870 e. The zero-order valence-electron chi connectivity index (χ0n) is 40.7. The summed E-state index contributed by atoms with van der Waals surface area (Å²) in [6.07, 6.45) is 3.43. The van der Waals surface area contributed by atoms with E-state index in [1.165, 1.54) is 23.1 Å². The molecule has 0 spiro atoms. The van der Waals surface area contributed by atoms with Crippen molar-refractivity contribution >= 4 is 80.4 Å². The molecule has 0 aliphatic heterocycles. The van der Waals surface area contributed by atoms with E-state index in [1.54, 1.807) is 0 Å². The third-order valence-corrected chi connectivity index (χ3v) is 14.5. The Morgan fingerprint density at radius 2 is 1.01 bits per heavy atom. The van der Waals surface area contributed by atoms with Crippen molar-refractivity contribution in [1.29, 1.82) is 0 Å². The number of nitrogens with one attached hydrogen (secondary N) is 2. The molecule has 73 heavy (non-hydrogen) atoms. The summed E-state index contributed by atoms with van der Waals surface area (Å²) in [5, 5.41) is 19.3. The second kappa shape index (κ2) is 23.2. The number of amides is 2. The van der Waals surface area contributed by atoms with Crippen LogP contribution in [0.1, 0.15) is 106 Å². The van der Waals surface area contributed by atoms with Gasteiger partial charge in [0.1, 0.15) is 22.0 Å². The maximum atomic E-state index is 12.5. The fourth-order valence-corrected chi connectivity index (χ4v) is 9.61. The number of ether oxygens (including phenoxy) is 2. The van der Waals surface area contributed by atoms with Crippen LogP contribution in [0.2, 0.25) is 0 Å². The molecule has 2 saturated carbocycles. The van der Waals surface area contributed by atoms with Crippen molar-refractivity contribution in [3.63, 3.8) is 0 Å². The Labute approximate surface area is 453 Å². The molecule has 2 atom stereocenters. The number of nitrogens with zero attached hydrogens (tertiary/aromatic N) is 2. The molecule has 2 heterocycles. The molecule has 2 aliphatic carbocycles. The molecule has 15 heteroatoms. The number of carboxylic acids is 1. The van der Waals surface area contributed by atoms with Gasteiger partial charge >= 0.3 is 47.7 Å². The molecule has 362 valence electrons. The first-order valence-corrected chi connectivity index (χ1v) is 24.6. The number of fused-ring (bicyclic) bond motifs is 2. The number of aryl methyl sites for hydroxylation is 2. The summed E-state index contributed by atoms with van der Waals surface area (Å²) in [6.45, 7) is 7.30. The fraction of sp³-hybridized carbons (Fsp3) is 0.207. The van der Waals surface area contributed by atoms with Crippen LogP contribution in [0.3, 0.4) is 0 Å². The van der Waals surface area contributed by atoms with Crippen molar-refractivity contribution in [3.8, 4) is 23.7 Å². The van der Waals surface area contributed by atoms with Gasteiger partial charge in [0, 0.05) is 11.1 Å². The van der Waals surface area contributed by atoms with Crippen molar-refractivity contribution in [2.24, 2.45) is 0 Å². The van der Waals surface area contributed by atoms with Gasteiger partial charge in [-0.3, -0.25) is 21.7 Å². The largest absolute Gasteiger partial charge is 1.00 e. The van der Waals surface area contributed by atoms with E-state index in [1.807, 2.05) is 155 Å². The van der Waals surface area contributed by atoms with Crippen molar-refractivity contribution in [1.82, 2.24) is 8.75 Å².